The molecule has 0 amide bonds. The van der Waals surface area contributed by atoms with Crippen molar-refractivity contribution in [2.24, 2.45) is 0 Å². The third-order valence-corrected chi connectivity index (χ3v) is 9.84. The first-order valence-corrected chi connectivity index (χ1v) is 15.2. The summed E-state index contributed by atoms with van der Waals surface area (Å²) in [5, 5.41) is 5.37. The summed E-state index contributed by atoms with van der Waals surface area (Å²) in [6.45, 7) is 18.5. The summed E-state index contributed by atoms with van der Waals surface area (Å²) in [5.41, 5.74) is 11.7. The van der Waals surface area contributed by atoms with Crippen LogP contribution < -0.4 is 0 Å². The second-order valence-corrected chi connectivity index (χ2v) is 13.7. The van der Waals surface area contributed by atoms with Crippen molar-refractivity contribution in [2.75, 3.05) is 0 Å². The van der Waals surface area contributed by atoms with Crippen LogP contribution in [-0.2, 0) is 10.8 Å². The summed E-state index contributed by atoms with van der Waals surface area (Å²) >= 11 is 0. The fourth-order valence-electron chi connectivity index (χ4n) is 7.16. The zero-order chi connectivity index (χ0) is 28.4. The van der Waals surface area contributed by atoms with Crippen LogP contribution in [0.5, 0.6) is 0 Å². The lowest BCUT2D eigenvalue weighted by atomic mass is 9.76. The zero-order valence-electron chi connectivity index (χ0n) is 25.7. The van der Waals surface area contributed by atoms with Crippen molar-refractivity contribution in [3.05, 3.63) is 118 Å². The average Bonchev–Trinajstić information content (AvgIpc) is 3.17. The maximum atomic E-state index is 2.54. The predicted octanol–water partition coefficient (Wildman–Crippen LogP) is 11.6. The van der Waals surface area contributed by atoms with Gasteiger partial charge >= 0.3 is 0 Å². The minimum Gasteiger partial charge on any atom is -0.0870 e. The van der Waals surface area contributed by atoms with E-state index in [2.05, 4.69) is 140 Å². The van der Waals surface area contributed by atoms with E-state index in [1.165, 1.54) is 66.9 Å². The molecule has 0 saturated carbocycles. The second kappa shape index (κ2) is 9.62. The Morgan fingerprint density at radius 2 is 1.73 bits per heavy atom. The molecule has 2 aliphatic carbocycles. The van der Waals surface area contributed by atoms with Gasteiger partial charge in [0.25, 0.3) is 0 Å². The second-order valence-electron chi connectivity index (χ2n) is 13.7. The Morgan fingerprint density at radius 3 is 2.45 bits per heavy atom. The van der Waals surface area contributed by atoms with E-state index in [0.29, 0.717) is 11.8 Å². The molecule has 40 heavy (non-hydrogen) atoms. The van der Waals surface area contributed by atoms with Gasteiger partial charge in [-0.1, -0.05) is 139 Å². The molecule has 4 aromatic carbocycles. The molecule has 0 bridgehead atoms. The fraction of sp³-hybridized carbons (Fsp3) is 0.350. The molecule has 4 aromatic rings. The van der Waals surface area contributed by atoms with Gasteiger partial charge in [-0.05, 0) is 91.6 Å². The molecular weight excluding hydrogens is 480 g/mol. The lowest BCUT2D eigenvalue weighted by Gasteiger charge is -2.28. The van der Waals surface area contributed by atoms with E-state index in [1.807, 2.05) is 0 Å². The Hall–Kier alpha value is -3.38. The number of hydrogen-bond donors (Lipinski definition) is 0. The van der Waals surface area contributed by atoms with E-state index in [-0.39, 0.29) is 10.8 Å². The quantitative estimate of drug-likeness (QED) is 0.233. The van der Waals surface area contributed by atoms with Gasteiger partial charge in [-0.2, -0.15) is 0 Å². The molecule has 0 heteroatoms. The standard InChI is InChI=1S/C40H44/c1-9-11-26-12-17-31(35-20-15-28-22-30(39(4,5)6)16-21-32(28)38(26)35)29-14-19-34-33-18-13-27(25(3)10-2)23-36(33)40(7,8)37(34)24-29/h9,11-18,20-25,34H,10,19H2,1-8H3/b11-9-. The fourth-order valence-corrected chi connectivity index (χ4v) is 7.16. The van der Waals surface area contributed by atoms with E-state index >= 15 is 0 Å². The maximum Gasteiger partial charge on any atom is 0.0118 e. The van der Waals surface area contributed by atoms with Gasteiger partial charge in [0, 0.05) is 11.3 Å². The van der Waals surface area contributed by atoms with Crippen LogP contribution in [0.15, 0.2) is 84.5 Å². The van der Waals surface area contributed by atoms with Crippen LogP contribution in [0.3, 0.4) is 0 Å². The zero-order valence-corrected chi connectivity index (χ0v) is 25.7. The summed E-state index contributed by atoms with van der Waals surface area (Å²) in [4.78, 5) is 0. The first-order chi connectivity index (χ1) is 19.0. The maximum absolute atomic E-state index is 2.54. The first-order valence-electron chi connectivity index (χ1n) is 15.2. The van der Waals surface area contributed by atoms with Gasteiger partial charge in [0.1, 0.15) is 0 Å². The molecule has 0 N–H and O–H groups in total. The van der Waals surface area contributed by atoms with Crippen molar-refractivity contribution in [2.45, 2.75) is 90.9 Å². The molecule has 204 valence electrons. The summed E-state index contributed by atoms with van der Waals surface area (Å²) in [7, 11) is 0. The summed E-state index contributed by atoms with van der Waals surface area (Å²) in [5.74, 6) is 1.09. The highest BCUT2D eigenvalue weighted by Crippen LogP contribution is 2.55. The molecule has 0 saturated heterocycles. The molecule has 6 rings (SSSR count). The van der Waals surface area contributed by atoms with E-state index < -0.39 is 0 Å². The molecule has 0 heterocycles. The number of allylic oxidation sites excluding steroid dienone is 5. The Kier molecular flexibility index (Phi) is 6.45. The van der Waals surface area contributed by atoms with Crippen LogP contribution >= 0.6 is 0 Å². The van der Waals surface area contributed by atoms with E-state index in [4.69, 9.17) is 0 Å². The molecule has 0 spiro atoms. The monoisotopic (exact) mass is 524 g/mol. The van der Waals surface area contributed by atoms with Crippen LogP contribution in [0, 0.1) is 0 Å². The van der Waals surface area contributed by atoms with Gasteiger partial charge in [-0.25, -0.2) is 0 Å². The van der Waals surface area contributed by atoms with E-state index in [0.717, 1.165) is 6.42 Å². The minimum absolute atomic E-state index is 0.0414. The molecule has 0 radical (unpaired) electrons. The van der Waals surface area contributed by atoms with Crippen LogP contribution in [0.1, 0.15) is 113 Å². The molecule has 2 unspecified atom stereocenters. The summed E-state index contributed by atoms with van der Waals surface area (Å²) in [6, 6.07) is 23.8. The Morgan fingerprint density at radius 1 is 0.950 bits per heavy atom. The Bertz CT molecular complexity index is 1730. The lowest BCUT2D eigenvalue weighted by Crippen LogP contribution is -2.18. The van der Waals surface area contributed by atoms with Crippen LogP contribution in [0.4, 0.5) is 0 Å². The van der Waals surface area contributed by atoms with Crippen molar-refractivity contribution in [1.29, 1.82) is 0 Å². The predicted molar refractivity (Wildman–Crippen MR) is 176 cm³/mol. The van der Waals surface area contributed by atoms with Crippen LogP contribution in [-0.4, -0.2) is 0 Å². The van der Waals surface area contributed by atoms with Crippen LogP contribution in [0.2, 0.25) is 0 Å². The normalized spacial score (nSPS) is 19.1. The SMILES string of the molecule is C/C=C\c1ccc(C2=CCC3C(=C2)C(C)(C)c2cc(C(C)CC)ccc23)c2ccc3cc(C(C)(C)C)ccc3c12. The van der Waals surface area contributed by atoms with Crippen molar-refractivity contribution in [1.82, 2.24) is 0 Å². The van der Waals surface area contributed by atoms with E-state index in [9.17, 15) is 0 Å². The largest absolute Gasteiger partial charge is 0.0870 e. The van der Waals surface area contributed by atoms with Crippen molar-refractivity contribution in [3.8, 4) is 0 Å². The minimum atomic E-state index is 0.0414. The summed E-state index contributed by atoms with van der Waals surface area (Å²) < 4.78 is 0. The van der Waals surface area contributed by atoms with Gasteiger partial charge in [0.05, 0.1) is 0 Å². The number of fused-ring (bicyclic) bond motifs is 6. The highest BCUT2D eigenvalue weighted by Gasteiger charge is 2.42. The number of benzene rings is 4. The highest BCUT2D eigenvalue weighted by atomic mass is 14.5. The molecular formula is C40H44. The highest BCUT2D eigenvalue weighted by molar-refractivity contribution is 6.14. The van der Waals surface area contributed by atoms with Crippen molar-refractivity contribution in [3.63, 3.8) is 0 Å². The van der Waals surface area contributed by atoms with Crippen LogP contribution in [0.25, 0.3) is 33.2 Å². The Balaban J connectivity index is 1.50. The Labute approximate surface area is 241 Å². The van der Waals surface area contributed by atoms with Gasteiger partial charge in [-0.3, -0.25) is 0 Å². The molecule has 2 atom stereocenters. The third-order valence-electron chi connectivity index (χ3n) is 9.84. The third kappa shape index (κ3) is 4.19. The molecule has 0 aromatic heterocycles. The molecule has 0 aliphatic heterocycles. The number of hydrogen-bond acceptors (Lipinski definition) is 0. The number of rotatable bonds is 4. The van der Waals surface area contributed by atoms with Crippen molar-refractivity contribution >= 4 is 33.2 Å². The van der Waals surface area contributed by atoms with Gasteiger partial charge in [0.15, 0.2) is 0 Å². The van der Waals surface area contributed by atoms with Gasteiger partial charge in [0.2, 0.25) is 0 Å². The first kappa shape index (κ1) is 26.8. The lowest BCUT2D eigenvalue weighted by molar-refractivity contribution is 0.591. The van der Waals surface area contributed by atoms with Gasteiger partial charge in [-0.15, -0.1) is 0 Å². The molecule has 0 nitrogen and oxygen atoms in total. The smallest absolute Gasteiger partial charge is 0.0118 e. The van der Waals surface area contributed by atoms with Gasteiger partial charge < -0.3 is 0 Å². The average molecular weight is 525 g/mol. The van der Waals surface area contributed by atoms with E-state index in [1.54, 1.807) is 5.57 Å². The molecule has 0 fully saturated rings. The topological polar surface area (TPSA) is 0 Å². The molecule has 2 aliphatic rings. The summed E-state index contributed by atoms with van der Waals surface area (Å²) in [6.07, 6.45) is 11.7. The van der Waals surface area contributed by atoms with Crippen molar-refractivity contribution < 1.29 is 0 Å².